The van der Waals surface area contributed by atoms with Gasteiger partial charge in [0.05, 0.1) is 5.92 Å². The molecule has 112 valence electrons. The van der Waals surface area contributed by atoms with Crippen molar-refractivity contribution in [1.29, 1.82) is 0 Å². The van der Waals surface area contributed by atoms with Gasteiger partial charge in [0.1, 0.15) is 0 Å². The zero-order valence-electron chi connectivity index (χ0n) is 11.5. The van der Waals surface area contributed by atoms with E-state index in [1.807, 2.05) is 30.3 Å². The second-order valence-corrected chi connectivity index (χ2v) is 5.85. The Morgan fingerprint density at radius 1 is 1.24 bits per heavy atom. The molecule has 0 saturated carbocycles. The number of carbonyl (C=O) groups is 2. The normalized spacial score (nSPS) is 16.1. The Morgan fingerprint density at radius 2 is 1.86 bits per heavy atom. The van der Waals surface area contributed by atoms with Gasteiger partial charge in [-0.05, 0) is 36.6 Å². The van der Waals surface area contributed by atoms with E-state index in [0.717, 1.165) is 10.0 Å². The lowest BCUT2D eigenvalue weighted by atomic mass is 9.97. The van der Waals surface area contributed by atoms with Gasteiger partial charge in [0, 0.05) is 23.8 Å². The molecule has 1 saturated heterocycles. The molecule has 1 fully saturated rings. The Bertz CT molecular complexity index is 534. The number of carboxylic acid groups (broad SMARTS) is 1. The Kier molecular flexibility index (Phi) is 5.38. The summed E-state index contributed by atoms with van der Waals surface area (Å²) < 4.78 is 1.00. The maximum atomic E-state index is 11.9. The monoisotopic (exact) mass is 352 g/mol. The van der Waals surface area contributed by atoms with Gasteiger partial charge in [-0.25, -0.2) is 4.79 Å². The number of hydrogen-bond donors (Lipinski definition) is 2. The Morgan fingerprint density at radius 3 is 2.43 bits per heavy atom. The highest BCUT2D eigenvalue weighted by atomic mass is 79.9. The first-order valence-electron chi connectivity index (χ1n) is 6.76. The minimum Gasteiger partial charge on any atom is -0.481 e. The smallest absolute Gasteiger partial charge is 0.321 e. The van der Waals surface area contributed by atoms with Crippen LogP contribution in [0.5, 0.6) is 0 Å². The number of halogens is 1. The summed E-state index contributed by atoms with van der Waals surface area (Å²) in [6.45, 7) is 0.962. The van der Waals surface area contributed by atoms with Crippen molar-refractivity contribution < 1.29 is 14.7 Å². The van der Waals surface area contributed by atoms with Crippen LogP contribution in [0.2, 0.25) is 0 Å². The second kappa shape index (κ2) is 7.26. The minimum atomic E-state index is -0.773. The maximum absolute atomic E-state index is 11.9. The molecule has 0 unspecified atom stereocenters. The molecule has 2 N–H and O–H groups in total. The van der Waals surface area contributed by atoms with E-state index in [0.29, 0.717) is 25.9 Å². The number of piperidine rings is 1. The third kappa shape index (κ3) is 4.60. The van der Waals surface area contributed by atoms with Crippen LogP contribution < -0.4 is 5.32 Å². The lowest BCUT2D eigenvalue weighted by Gasteiger charge is -2.29. The van der Waals surface area contributed by atoms with E-state index in [1.165, 1.54) is 0 Å². The number of nitrogens with one attached hydrogen (secondary N) is 1. The number of aliphatic carboxylic acids is 1. The molecule has 1 heterocycles. The number of hydrogen-bond acceptors (Lipinski definition) is 2. The summed E-state index contributed by atoms with van der Waals surface area (Å²) in [6.07, 6.45) is 4.45. The fourth-order valence-corrected chi connectivity index (χ4v) is 2.47. The van der Waals surface area contributed by atoms with Gasteiger partial charge >= 0.3 is 12.0 Å². The number of urea groups is 1. The Balaban J connectivity index is 1.80. The average molecular weight is 353 g/mol. The molecule has 0 atom stereocenters. The Labute approximate surface area is 131 Å². The van der Waals surface area contributed by atoms with Crippen molar-refractivity contribution in [2.45, 2.75) is 12.8 Å². The van der Waals surface area contributed by atoms with Crippen molar-refractivity contribution in [1.82, 2.24) is 10.2 Å². The molecular weight excluding hydrogens is 336 g/mol. The van der Waals surface area contributed by atoms with Gasteiger partial charge in [-0.1, -0.05) is 28.1 Å². The molecule has 2 amide bonds. The van der Waals surface area contributed by atoms with E-state index >= 15 is 0 Å². The summed E-state index contributed by atoms with van der Waals surface area (Å²) in [5, 5.41) is 11.6. The maximum Gasteiger partial charge on any atom is 0.321 e. The van der Waals surface area contributed by atoms with E-state index < -0.39 is 5.97 Å². The van der Waals surface area contributed by atoms with E-state index in [1.54, 1.807) is 11.1 Å². The molecule has 1 aromatic rings. The minimum absolute atomic E-state index is 0.188. The highest BCUT2D eigenvalue weighted by molar-refractivity contribution is 9.10. The third-order valence-corrected chi connectivity index (χ3v) is 4.01. The summed E-state index contributed by atoms with van der Waals surface area (Å²) in [7, 11) is 0. The zero-order chi connectivity index (χ0) is 15.2. The van der Waals surface area contributed by atoms with E-state index in [4.69, 9.17) is 5.11 Å². The van der Waals surface area contributed by atoms with Crippen molar-refractivity contribution in [3.63, 3.8) is 0 Å². The van der Waals surface area contributed by atoms with E-state index in [9.17, 15) is 9.59 Å². The van der Waals surface area contributed by atoms with Crippen LogP contribution in [0.3, 0.4) is 0 Å². The van der Waals surface area contributed by atoms with E-state index in [2.05, 4.69) is 21.2 Å². The van der Waals surface area contributed by atoms with Gasteiger partial charge in [-0.15, -0.1) is 0 Å². The predicted octanol–water partition coefficient (Wildman–Crippen LogP) is 2.93. The number of nitrogens with zero attached hydrogens (tertiary/aromatic N) is 1. The SMILES string of the molecule is O=C(O)C1CCN(C(=O)N/C=C/c2ccc(Br)cc2)CC1. The molecule has 0 bridgehead atoms. The van der Waals surface area contributed by atoms with Crippen LogP contribution in [0.1, 0.15) is 18.4 Å². The molecule has 5 nitrogen and oxygen atoms in total. The molecule has 2 rings (SSSR count). The molecule has 1 aliphatic heterocycles. The van der Waals surface area contributed by atoms with Crippen LogP contribution >= 0.6 is 15.9 Å². The molecule has 1 aliphatic rings. The lowest BCUT2D eigenvalue weighted by molar-refractivity contribution is -0.143. The first-order chi connectivity index (χ1) is 10.1. The zero-order valence-corrected chi connectivity index (χ0v) is 13.0. The van der Waals surface area contributed by atoms with Gasteiger partial charge in [-0.2, -0.15) is 0 Å². The number of amides is 2. The first kappa shape index (κ1) is 15.6. The van der Waals surface area contributed by atoms with Crippen LogP contribution in [0.4, 0.5) is 4.79 Å². The molecule has 21 heavy (non-hydrogen) atoms. The van der Waals surface area contributed by atoms with Gasteiger partial charge in [0.2, 0.25) is 0 Å². The number of carbonyl (C=O) groups excluding carboxylic acids is 1. The Hall–Kier alpha value is -1.82. The van der Waals surface area contributed by atoms with Crippen LogP contribution in [0.25, 0.3) is 6.08 Å². The summed E-state index contributed by atoms with van der Waals surface area (Å²) >= 11 is 3.36. The van der Waals surface area contributed by atoms with E-state index in [-0.39, 0.29) is 11.9 Å². The number of rotatable bonds is 3. The van der Waals surface area contributed by atoms with Crippen LogP contribution in [0, 0.1) is 5.92 Å². The summed E-state index contributed by atoms with van der Waals surface area (Å²) in [6, 6.07) is 7.54. The predicted molar refractivity (Wildman–Crippen MR) is 83.6 cm³/mol. The van der Waals surface area contributed by atoms with Gasteiger partial charge < -0.3 is 15.3 Å². The fourth-order valence-electron chi connectivity index (χ4n) is 2.20. The lowest BCUT2D eigenvalue weighted by Crippen LogP contribution is -2.44. The van der Waals surface area contributed by atoms with Crippen LogP contribution in [0.15, 0.2) is 34.9 Å². The fraction of sp³-hybridized carbons (Fsp3) is 0.333. The van der Waals surface area contributed by atoms with Crippen LogP contribution in [-0.2, 0) is 4.79 Å². The van der Waals surface area contributed by atoms with Crippen molar-refractivity contribution in [2.24, 2.45) is 5.92 Å². The molecular formula is C15H17BrN2O3. The molecule has 6 heteroatoms. The van der Waals surface area contributed by atoms with Crippen molar-refractivity contribution in [3.8, 4) is 0 Å². The summed E-state index contributed by atoms with van der Waals surface area (Å²) in [4.78, 5) is 24.4. The molecule has 0 spiro atoms. The van der Waals surface area contributed by atoms with Gasteiger partial charge in [0.15, 0.2) is 0 Å². The van der Waals surface area contributed by atoms with Crippen molar-refractivity contribution >= 4 is 34.0 Å². The molecule has 1 aromatic carbocycles. The average Bonchev–Trinajstić information content (AvgIpc) is 2.49. The molecule has 0 aromatic heterocycles. The van der Waals surface area contributed by atoms with Crippen molar-refractivity contribution in [2.75, 3.05) is 13.1 Å². The van der Waals surface area contributed by atoms with Gasteiger partial charge in [-0.3, -0.25) is 4.79 Å². The standard InChI is InChI=1S/C15H17BrN2O3/c16-13-3-1-11(2-4-13)5-8-17-15(21)18-9-6-12(7-10-18)14(19)20/h1-5,8,12H,6-7,9-10H2,(H,17,21)(H,19,20)/b8-5+. The molecule has 0 aliphatic carbocycles. The van der Waals surface area contributed by atoms with Gasteiger partial charge in [0.25, 0.3) is 0 Å². The summed E-state index contributed by atoms with van der Waals surface area (Å²) in [5.41, 5.74) is 0.989. The second-order valence-electron chi connectivity index (χ2n) is 4.93. The third-order valence-electron chi connectivity index (χ3n) is 3.48. The van der Waals surface area contributed by atoms with Crippen LogP contribution in [-0.4, -0.2) is 35.1 Å². The topological polar surface area (TPSA) is 69.6 Å². The molecule has 0 radical (unpaired) electrons. The highest BCUT2D eigenvalue weighted by Gasteiger charge is 2.26. The quantitative estimate of drug-likeness (QED) is 0.878. The number of carboxylic acids is 1. The highest BCUT2D eigenvalue weighted by Crippen LogP contribution is 2.17. The largest absolute Gasteiger partial charge is 0.481 e. The van der Waals surface area contributed by atoms with Crippen molar-refractivity contribution in [3.05, 3.63) is 40.5 Å². The summed E-state index contributed by atoms with van der Waals surface area (Å²) in [5.74, 6) is -1.10. The number of benzene rings is 1. The first-order valence-corrected chi connectivity index (χ1v) is 7.56. The number of likely N-dealkylation sites (tertiary alicyclic amines) is 1.